The first-order chi connectivity index (χ1) is 7.06. The molecule has 4 nitrogen and oxygen atoms in total. The molecule has 1 N–H and O–H groups in total. The van der Waals surface area contributed by atoms with Gasteiger partial charge < -0.3 is 9.88 Å². The van der Waals surface area contributed by atoms with Gasteiger partial charge >= 0.3 is 0 Å². The first-order valence-electron chi connectivity index (χ1n) is 4.90. The summed E-state index contributed by atoms with van der Waals surface area (Å²) in [5, 5.41) is 12.0. The fourth-order valence-electron chi connectivity index (χ4n) is 1.20. The van der Waals surface area contributed by atoms with Crippen molar-refractivity contribution in [1.82, 2.24) is 4.57 Å². The highest BCUT2D eigenvalue weighted by Crippen LogP contribution is 2.09. The van der Waals surface area contributed by atoms with Gasteiger partial charge in [-0.3, -0.25) is 4.79 Å². The molecule has 0 aromatic carbocycles. The van der Waals surface area contributed by atoms with Crippen LogP contribution in [0.25, 0.3) is 0 Å². The molecule has 0 fully saturated rings. The van der Waals surface area contributed by atoms with Gasteiger partial charge in [0.1, 0.15) is 11.6 Å². The summed E-state index contributed by atoms with van der Waals surface area (Å²) < 4.78 is 1.40. The lowest BCUT2D eigenvalue weighted by Crippen LogP contribution is -2.21. The van der Waals surface area contributed by atoms with E-state index in [-0.39, 0.29) is 11.1 Å². The van der Waals surface area contributed by atoms with Crippen LogP contribution in [0.15, 0.2) is 17.1 Å². The maximum Gasteiger partial charge on any atom is 0.270 e. The van der Waals surface area contributed by atoms with Crippen molar-refractivity contribution >= 4 is 5.69 Å². The normalized spacial score (nSPS) is 10.1. The van der Waals surface area contributed by atoms with Crippen LogP contribution in [0.2, 0.25) is 0 Å². The van der Waals surface area contributed by atoms with Crippen LogP contribution in [0.4, 0.5) is 5.69 Å². The number of anilines is 1. The third-order valence-corrected chi connectivity index (χ3v) is 2.08. The van der Waals surface area contributed by atoms with Crippen molar-refractivity contribution in [3.63, 3.8) is 0 Å². The lowest BCUT2D eigenvalue weighted by atomic mass is 10.2. The molecule has 0 saturated heterocycles. The van der Waals surface area contributed by atoms with Gasteiger partial charge in [-0.25, -0.2) is 0 Å². The van der Waals surface area contributed by atoms with Crippen LogP contribution >= 0.6 is 0 Å². The number of aromatic nitrogens is 1. The number of hydrogen-bond acceptors (Lipinski definition) is 3. The molecule has 15 heavy (non-hydrogen) atoms. The van der Waals surface area contributed by atoms with E-state index >= 15 is 0 Å². The van der Waals surface area contributed by atoms with Crippen molar-refractivity contribution < 1.29 is 0 Å². The monoisotopic (exact) mass is 205 g/mol. The molecule has 80 valence electrons. The maximum absolute atomic E-state index is 11.6. The maximum atomic E-state index is 11.6. The minimum atomic E-state index is -0.258. The van der Waals surface area contributed by atoms with E-state index in [1.807, 2.05) is 6.07 Å². The summed E-state index contributed by atoms with van der Waals surface area (Å²) in [6.07, 6.45) is 1.66. The van der Waals surface area contributed by atoms with Crippen molar-refractivity contribution in [1.29, 1.82) is 5.26 Å². The lowest BCUT2D eigenvalue weighted by molar-refractivity contribution is 0.688. The smallest absolute Gasteiger partial charge is 0.270 e. The third kappa shape index (κ3) is 2.59. The molecular weight excluding hydrogens is 190 g/mol. The second-order valence-corrected chi connectivity index (χ2v) is 3.91. The second kappa shape index (κ2) is 4.65. The zero-order chi connectivity index (χ0) is 11.4. The average molecular weight is 205 g/mol. The SMILES string of the molecule is CC(C)CNc1ccn(C)c(=O)c1C#N. The molecule has 4 heteroatoms. The van der Waals surface area contributed by atoms with Gasteiger partial charge in [-0.2, -0.15) is 5.26 Å². The van der Waals surface area contributed by atoms with Crippen molar-refractivity contribution in [3.8, 4) is 6.07 Å². The van der Waals surface area contributed by atoms with Crippen molar-refractivity contribution in [2.24, 2.45) is 13.0 Å². The van der Waals surface area contributed by atoms with Gasteiger partial charge in [0.05, 0.1) is 5.69 Å². The largest absolute Gasteiger partial charge is 0.384 e. The number of nitriles is 1. The minimum Gasteiger partial charge on any atom is -0.384 e. The molecule has 0 saturated carbocycles. The Balaban J connectivity index is 3.05. The number of hydrogen-bond donors (Lipinski definition) is 1. The fourth-order valence-corrected chi connectivity index (χ4v) is 1.20. The van der Waals surface area contributed by atoms with E-state index < -0.39 is 0 Å². The quantitative estimate of drug-likeness (QED) is 0.809. The average Bonchev–Trinajstić information content (AvgIpc) is 2.19. The summed E-state index contributed by atoms with van der Waals surface area (Å²) in [6.45, 7) is 4.89. The highest BCUT2D eigenvalue weighted by molar-refractivity contribution is 5.55. The van der Waals surface area contributed by atoms with Gasteiger partial charge in [0.25, 0.3) is 5.56 Å². The highest BCUT2D eigenvalue weighted by atomic mass is 16.1. The minimum absolute atomic E-state index is 0.181. The zero-order valence-corrected chi connectivity index (χ0v) is 9.24. The first-order valence-corrected chi connectivity index (χ1v) is 4.90. The van der Waals surface area contributed by atoms with Crippen molar-refractivity contribution in [3.05, 3.63) is 28.2 Å². The number of nitrogens with zero attached hydrogens (tertiary/aromatic N) is 2. The number of nitrogens with one attached hydrogen (secondary N) is 1. The molecule has 1 aromatic heterocycles. The van der Waals surface area contributed by atoms with Crippen LogP contribution in [0, 0.1) is 17.2 Å². The van der Waals surface area contributed by atoms with E-state index in [0.717, 1.165) is 6.54 Å². The molecule has 0 bridgehead atoms. The molecule has 0 aliphatic rings. The van der Waals surface area contributed by atoms with Crippen LogP contribution in [-0.4, -0.2) is 11.1 Å². The Kier molecular flexibility index (Phi) is 3.51. The first kappa shape index (κ1) is 11.3. The van der Waals surface area contributed by atoms with Crippen LogP contribution < -0.4 is 10.9 Å². The van der Waals surface area contributed by atoms with Crippen LogP contribution in [0.5, 0.6) is 0 Å². The number of aryl methyl sites for hydroxylation is 1. The molecule has 0 atom stereocenters. The lowest BCUT2D eigenvalue weighted by Gasteiger charge is -2.10. The van der Waals surface area contributed by atoms with Crippen LogP contribution in [0.3, 0.4) is 0 Å². The van der Waals surface area contributed by atoms with Gasteiger partial charge in [0.2, 0.25) is 0 Å². The molecular formula is C11H15N3O. The number of rotatable bonds is 3. The Hall–Kier alpha value is -1.76. The van der Waals surface area contributed by atoms with E-state index in [1.165, 1.54) is 4.57 Å². The molecule has 1 aromatic rings. The third-order valence-electron chi connectivity index (χ3n) is 2.08. The zero-order valence-electron chi connectivity index (χ0n) is 9.24. The summed E-state index contributed by atoms with van der Waals surface area (Å²) in [4.78, 5) is 11.6. The Labute approximate surface area is 89.2 Å². The molecule has 1 rings (SSSR count). The van der Waals surface area contributed by atoms with Gasteiger partial charge in [-0.15, -0.1) is 0 Å². The summed E-state index contributed by atoms with van der Waals surface area (Å²) in [6, 6.07) is 3.68. The molecule has 1 heterocycles. The highest BCUT2D eigenvalue weighted by Gasteiger charge is 2.07. The Morgan fingerprint density at radius 3 is 2.80 bits per heavy atom. The molecule has 0 radical (unpaired) electrons. The number of pyridine rings is 1. The van der Waals surface area contributed by atoms with E-state index in [0.29, 0.717) is 11.6 Å². The molecule has 0 amide bonds. The van der Waals surface area contributed by atoms with Gasteiger partial charge in [-0.1, -0.05) is 13.8 Å². The summed E-state index contributed by atoms with van der Waals surface area (Å²) >= 11 is 0. The van der Waals surface area contributed by atoms with E-state index in [2.05, 4.69) is 19.2 Å². The van der Waals surface area contributed by atoms with E-state index in [9.17, 15) is 4.79 Å². The predicted molar refractivity (Wildman–Crippen MR) is 59.7 cm³/mol. The molecule has 0 spiro atoms. The Morgan fingerprint density at radius 2 is 2.27 bits per heavy atom. The van der Waals surface area contributed by atoms with E-state index in [1.54, 1.807) is 19.3 Å². The standard InChI is InChI=1S/C11H15N3O/c1-8(2)7-13-10-4-5-14(3)11(15)9(10)6-12/h4-5,8,13H,7H2,1-3H3. The summed E-state index contributed by atoms with van der Waals surface area (Å²) in [5.74, 6) is 0.473. The van der Waals surface area contributed by atoms with Gasteiger partial charge in [0, 0.05) is 19.8 Å². The summed E-state index contributed by atoms with van der Waals surface area (Å²) in [7, 11) is 1.63. The fraction of sp³-hybridized carbons (Fsp3) is 0.455. The molecule has 0 aliphatic carbocycles. The topological polar surface area (TPSA) is 57.8 Å². The van der Waals surface area contributed by atoms with Crippen molar-refractivity contribution in [2.75, 3.05) is 11.9 Å². The summed E-state index contributed by atoms with van der Waals surface area (Å²) in [5.41, 5.74) is 0.543. The van der Waals surface area contributed by atoms with Gasteiger partial charge in [-0.05, 0) is 12.0 Å². The Morgan fingerprint density at radius 1 is 1.60 bits per heavy atom. The van der Waals surface area contributed by atoms with Crippen LogP contribution in [0.1, 0.15) is 19.4 Å². The van der Waals surface area contributed by atoms with Crippen molar-refractivity contribution in [2.45, 2.75) is 13.8 Å². The van der Waals surface area contributed by atoms with E-state index in [4.69, 9.17) is 5.26 Å². The second-order valence-electron chi connectivity index (χ2n) is 3.91. The molecule has 0 unspecified atom stereocenters. The van der Waals surface area contributed by atoms with Gasteiger partial charge in [0.15, 0.2) is 0 Å². The van der Waals surface area contributed by atoms with Crippen LogP contribution in [-0.2, 0) is 7.05 Å². The predicted octanol–water partition coefficient (Wildman–Crippen LogP) is 1.32. The Bertz CT molecular complexity index is 440. The molecule has 0 aliphatic heterocycles.